The van der Waals surface area contributed by atoms with Gasteiger partial charge >= 0.3 is 12.1 Å². The molecule has 4 rings (SSSR count). The van der Waals surface area contributed by atoms with Gasteiger partial charge in [-0.25, -0.2) is 4.79 Å². The number of amides is 4. The van der Waals surface area contributed by atoms with Crippen molar-refractivity contribution in [2.75, 3.05) is 23.4 Å². The van der Waals surface area contributed by atoms with Crippen molar-refractivity contribution in [3.8, 4) is 0 Å². The molecule has 2 atom stereocenters. The van der Waals surface area contributed by atoms with Gasteiger partial charge in [-0.2, -0.15) is 0 Å². The number of carboxylic acid groups (broad SMARTS) is 1. The lowest BCUT2D eigenvalue weighted by molar-refractivity contribution is -0.137. The number of carboxylic acids is 1. The Morgan fingerprint density at radius 1 is 0.979 bits per heavy atom. The minimum absolute atomic E-state index is 0.0533. The molecular weight excluding hydrogens is 600 g/mol. The lowest BCUT2D eigenvalue weighted by atomic mass is 9.99. The van der Waals surface area contributed by atoms with E-state index in [0.29, 0.717) is 24.2 Å². The second-order valence-electron chi connectivity index (χ2n) is 12.9. The van der Waals surface area contributed by atoms with E-state index in [-0.39, 0.29) is 31.8 Å². The van der Waals surface area contributed by atoms with Crippen molar-refractivity contribution >= 4 is 51.9 Å². The van der Waals surface area contributed by atoms with Crippen molar-refractivity contribution in [2.24, 2.45) is 0 Å². The van der Waals surface area contributed by atoms with E-state index in [0.717, 1.165) is 21.9 Å². The number of likely N-dealkylation sites (N-methyl/N-ethyl adjacent to an activating group) is 1. The van der Waals surface area contributed by atoms with Gasteiger partial charge in [0.05, 0.1) is 24.5 Å². The summed E-state index contributed by atoms with van der Waals surface area (Å²) in [5, 5.41) is 13.9. The summed E-state index contributed by atoms with van der Waals surface area (Å²) in [5.41, 5.74) is 2.17. The van der Waals surface area contributed by atoms with Crippen LogP contribution in [0.4, 0.5) is 16.2 Å². The van der Waals surface area contributed by atoms with Crippen molar-refractivity contribution in [1.29, 1.82) is 0 Å². The highest BCUT2D eigenvalue weighted by molar-refractivity contribution is 6.08. The number of ether oxygens (including phenoxy) is 1. The van der Waals surface area contributed by atoms with Crippen LogP contribution in [0.15, 0.2) is 60.7 Å². The van der Waals surface area contributed by atoms with Crippen LogP contribution in [0.3, 0.4) is 0 Å². The zero-order chi connectivity index (χ0) is 34.5. The van der Waals surface area contributed by atoms with E-state index in [1.54, 1.807) is 49.9 Å². The van der Waals surface area contributed by atoms with Crippen LogP contribution >= 0.6 is 0 Å². The van der Waals surface area contributed by atoms with Gasteiger partial charge in [-0.3, -0.25) is 24.1 Å². The number of unbranched alkanes of at least 4 members (excludes halogenated alkanes) is 1. The predicted octanol–water partition coefficient (Wildman–Crippen LogP) is 5.41. The second kappa shape index (κ2) is 14.7. The molecule has 3 aromatic carbocycles. The number of nitrogens with one attached hydrogen (secondary N) is 1. The highest BCUT2D eigenvalue weighted by atomic mass is 16.6. The van der Waals surface area contributed by atoms with Crippen LogP contribution in [0, 0.1) is 6.92 Å². The predicted molar refractivity (Wildman–Crippen MR) is 180 cm³/mol. The number of hydrogen-bond donors (Lipinski definition) is 2. The maximum atomic E-state index is 14.5. The molecule has 4 amide bonds. The van der Waals surface area contributed by atoms with E-state index < -0.39 is 41.6 Å². The van der Waals surface area contributed by atoms with Crippen LogP contribution in [0.1, 0.15) is 64.5 Å². The summed E-state index contributed by atoms with van der Waals surface area (Å²) in [4.78, 5) is 69.9. The molecule has 47 heavy (non-hydrogen) atoms. The van der Waals surface area contributed by atoms with E-state index in [1.165, 1.54) is 23.8 Å². The van der Waals surface area contributed by atoms with E-state index in [1.807, 2.05) is 43.3 Å². The third-order valence-electron chi connectivity index (χ3n) is 8.27. The maximum absolute atomic E-state index is 14.5. The minimum atomic E-state index is -1.15. The molecule has 0 spiro atoms. The molecule has 0 radical (unpaired) electrons. The maximum Gasteiger partial charge on any atom is 0.410 e. The average molecular weight is 645 g/mol. The molecule has 1 aliphatic rings. The van der Waals surface area contributed by atoms with Gasteiger partial charge in [0.2, 0.25) is 11.8 Å². The highest BCUT2D eigenvalue weighted by Crippen LogP contribution is 2.36. The van der Waals surface area contributed by atoms with Crippen molar-refractivity contribution < 1.29 is 33.8 Å². The van der Waals surface area contributed by atoms with E-state index in [4.69, 9.17) is 9.84 Å². The number of para-hydroxylation sites is 2. The fourth-order valence-electron chi connectivity index (χ4n) is 5.55. The van der Waals surface area contributed by atoms with Crippen LogP contribution in [-0.2, 0) is 30.5 Å². The molecule has 1 heterocycles. The molecule has 11 heteroatoms. The molecule has 1 unspecified atom stereocenters. The topological polar surface area (TPSA) is 137 Å². The molecule has 0 saturated carbocycles. The summed E-state index contributed by atoms with van der Waals surface area (Å²) in [7, 11) is 1.45. The third-order valence-corrected chi connectivity index (χ3v) is 8.27. The quantitative estimate of drug-likeness (QED) is 0.282. The normalized spacial score (nSPS) is 15.4. The molecular formula is C36H44N4O7. The SMILES string of the molecule is Cc1ccc2ccccc2c1CN1C(=O)[C@@H](NC(=O)C(C)N(C)C(=O)OC(C)(C)C)CN(C(=O)CCCCC(=O)O)c2ccccc21. The van der Waals surface area contributed by atoms with E-state index in [2.05, 4.69) is 5.32 Å². The van der Waals surface area contributed by atoms with E-state index in [9.17, 15) is 24.0 Å². The number of rotatable bonds is 10. The Hall–Kier alpha value is -4.93. The smallest absolute Gasteiger partial charge is 0.410 e. The largest absolute Gasteiger partial charge is 0.481 e. The minimum Gasteiger partial charge on any atom is -0.481 e. The fourth-order valence-corrected chi connectivity index (χ4v) is 5.55. The number of aliphatic carboxylic acids is 1. The molecule has 0 saturated heterocycles. The fraction of sp³-hybridized carbons (Fsp3) is 0.417. The van der Waals surface area contributed by atoms with Gasteiger partial charge in [-0.15, -0.1) is 0 Å². The molecule has 3 aromatic rings. The molecule has 1 aliphatic heterocycles. The molecule has 0 bridgehead atoms. The average Bonchev–Trinajstić information content (AvgIpc) is 3.13. The summed E-state index contributed by atoms with van der Waals surface area (Å²) < 4.78 is 5.43. The van der Waals surface area contributed by atoms with Crippen LogP contribution in [0.5, 0.6) is 0 Å². The lowest BCUT2D eigenvalue weighted by Gasteiger charge is -2.30. The third kappa shape index (κ3) is 8.46. The van der Waals surface area contributed by atoms with Gasteiger partial charge < -0.3 is 25.0 Å². The summed E-state index contributed by atoms with van der Waals surface area (Å²) in [6, 6.07) is 16.9. The first-order valence-corrected chi connectivity index (χ1v) is 15.8. The molecule has 250 valence electrons. The monoisotopic (exact) mass is 644 g/mol. The summed E-state index contributed by atoms with van der Waals surface area (Å²) in [6.45, 7) is 8.74. The zero-order valence-corrected chi connectivity index (χ0v) is 27.9. The number of hydrogen-bond acceptors (Lipinski definition) is 6. The molecule has 0 aromatic heterocycles. The van der Waals surface area contributed by atoms with Crippen LogP contribution in [0.2, 0.25) is 0 Å². The molecule has 0 fully saturated rings. The Bertz CT molecular complexity index is 1660. The Morgan fingerprint density at radius 3 is 2.30 bits per heavy atom. The summed E-state index contributed by atoms with van der Waals surface area (Å²) >= 11 is 0. The van der Waals surface area contributed by atoms with Gasteiger partial charge in [0.15, 0.2) is 0 Å². The van der Waals surface area contributed by atoms with Crippen molar-refractivity contribution in [3.63, 3.8) is 0 Å². The van der Waals surface area contributed by atoms with Crippen molar-refractivity contribution in [2.45, 2.75) is 84.5 Å². The van der Waals surface area contributed by atoms with Gasteiger partial charge in [-0.1, -0.05) is 48.5 Å². The number of benzene rings is 3. The summed E-state index contributed by atoms with van der Waals surface area (Å²) in [5.74, 6) is -2.22. The molecule has 11 nitrogen and oxygen atoms in total. The number of carbonyl (C=O) groups is 5. The Labute approximate surface area is 275 Å². The zero-order valence-electron chi connectivity index (χ0n) is 27.9. The lowest BCUT2D eigenvalue weighted by Crippen LogP contribution is -2.57. The van der Waals surface area contributed by atoms with Crippen molar-refractivity contribution in [1.82, 2.24) is 10.2 Å². The first-order valence-electron chi connectivity index (χ1n) is 15.8. The van der Waals surface area contributed by atoms with Gasteiger partial charge in [0.1, 0.15) is 17.7 Å². The van der Waals surface area contributed by atoms with Crippen LogP contribution < -0.4 is 15.1 Å². The van der Waals surface area contributed by atoms with Gasteiger partial charge in [0, 0.05) is 19.9 Å². The van der Waals surface area contributed by atoms with Crippen LogP contribution in [-0.4, -0.2) is 71.1 Å². The Kier molecular flexibility index (Phi) is 10.9. The number of anilines is 2. The van der Waals surface area contributed by atoms with Crippen molar-refractivity contribution in [3.05, 3.63) is 71.8 Å². The number of aryl methyl sites for hydroxylation is 1. The van der Waals surface area contributed by atoms with Gasteiger partial charge in [0.25, 0.3) is 5.91 Å². The van der Waals surface area contributed by atoms with Crippen LogP contribution in [0.25, 0.3) is 10.8 Å². The number of nitrogens with zero attached hydrogens (tertiary/aromatic N) is 3. The molecule has 0 aliphatic carbocycles. The second-order valence-corrected chi connectivity index (χ2v) is 12.9. The number of fused-ring (bicyclic) bond motifs is 2. The molecule has 2 N–H and O–H groups in total. The first-order chi connectivity index (χ1) is 22.2. The highest BCUT2D eigenvalue weighted by Gasteiger charge is 2.38. The first kappa shape index (κ1) is 34.9. The summed E-state index contributed by atoms with van der Waals surface area (Å²) in [6.07, 6.45) is 0.00651. The Morgan fingerprint density at radius 2 is 1.62 bits per heavy atom. The van der Waals surface area contributed by atoms with Gasteiger partial charge in [-0.05, 0) is 81.5 Å². The Balaban J connectivity index is 1.72. The number of carbonyl (C=O) groups excluding carboxylic acids is 4. The standard InChI is InChI=1S/C36H44N4O7/c1-23-19-20-25-13-7-8-14-26(25)27(23)21-40-30-16-10-9-15-29(30)39(31(41)17-11-12-18-32(42)43)22-28(34(40)45)37-33(44)24(2)38(6)35(46)47-36(3,4)5/h7-10,13-16,19-20,24,28H,11-12,17-18,21-22H2,1-6H3,(H,37,44)(H,42,43)/t24?,28-/m0/s1. The van der Waals surface area contributed by atoms with E-state index >= 15 is 0 Å².